The van der Waals surface area contributed by atoms with Gasteiger partial charge >= 0.3 is 0 Å². The van der Waals surface area contributed by atoms with Gasteiger partial charge in [-0.05, 0) is 47.8 Å². The SMILES string of the molecule is CCCc1nc(Br)cc(NC(C)CCc2ccco2)n1. The molecular formula is C15H20BrN3O. The summed E-state index contributed by atoms with van der Waals surface area (Å²) in [5.74, 6) is 2.78. The van der Waals surface area contributed by atoms with Gasteiger partial charge in [-0.25, -0.2) is 9.97 Å². The van der Waals surface area contributed by atoms with Gasteiger partial charge in [0.1, 0.15) is 22.0 Å². The van der Waals surface area contributed by atoms with Gasteiger partial charge in [-0.2, -0.15) is 0 Å². The topological polar surface area (TPSA) is 51.0 Å². The van der Waals surface area contributed by atoms with Crippen LogP contribution >= 0.6 is 15.9 Å². The van der Waals surface area contributed by atoms with Crippen LogP contribution < -0.4 is 5.32 Å². The first-order valence-corrected chi connectivity index (χ1v) is 7.79. The highest BCUT2D eigenvalue weighted by Gasteiger charge is 2.07. The lowest BCUT2D eigenvalue weighted by Crippen LogP contribution is -2.17. The van der Waals surface area contributed by atoms with Crippen molar-refractivity contribution in [3.05, 3.63) is 40.7 Å². The van der Waals surface area contributed by atoms with Crippen molar-refractivity contribution in [2.75, 3.05) is 5.32 Å². The standard InChI is InChI=1S/C15H20BrN3O/c1-3-5-14-18-13(16)10-15(19-14)17-11(2)7-8-12-6-4-9-20-12/h4,6,9-11H,3,5,7-8H2,1-2H3,(H,17,18,19). The maximum absolute atomic E-state index is 5.34. The van der Waals surface area contributed by atoms with Gasteiger partial charge in [0.2, 0.25) is 0 Å². The first-order chi connectivity index (χ1) is 9.67. The minimum Gasteiger partial charge on any atom is -0.469 e. The lowest BCUT2D eigenvalue weighted by atomic mass is 10.1. The number of anilines is 1. The molecular weight excluding hydrogens is 318 g/mol. The number of halogens is 1. The molecule has 0 aromatic carbocycles. The molecule has 2 aromatic rings. The minimum absolute atomic E-state index is 0.330. The zero-order chi connectivity index (χ0) is 14.4. The van der Waals surface area contributed by atoms with Gasteiger partial charge in [0.15, 0.2) is 0 Å². The first-order valence-electron chi connectivity index (χ1n) is 6.99. The molecule has 5 heteroatoms. The molecule has 2 rings (SSSR count). The van der Waals surface area contributed by atoms with Gasteiger partial charge in [0, 0.05) is 24.9 Å². The van der Waals surface area contributed by atoms with E-state index in [9.17, 15) is 0 Å². The number of furan rings is 1. The molecule has 2 heterocycles. The molecule has 0 saturated carbocycles. The van der Waals surface area contributed by atoms with E-state index in [1.807, 2.05) is 18.2 Å². The molecule has 0 bridgehead atoms. The van der Waals surface area contributed by atoms with Crippen LogP contribution in [0, 0.1) is 0 Å². The molecule has 1 unspecified atom stereocenters. The maximum atomic E-state index is 5.34. The minimum atomic E-state index is 0.330. The van der Waals surface area contributed by atoms with Crippen LogP contribution in [0.15, 0.2) is 33.5 Å². The smallest absolute Gasteiger partial charge is 0.132 e. The molecule has 0 radical (unpaired) electrons. The predicted molar refractivity (Wildman–Crippen MR) is 83.8 cm³/mol. The fourth-order valence-electron chi connectivity index (χ4n) is 2.01. The molecule has 0 fully saturated rings. The van der Waals surface area contributed by atoms with Crippen LogP contribution in [-0.4, -0.2) is 16.0 Å². The Morgan fingerprint density at radius 1 is 1.35 bits per heavy atom. The Hall–Kier alpha value is -1.36. The molecule has 0 aliphatic rings. The number of nitrogens with one attached hydrogen (secondary N) is 1. The normalized spacial score (nSPS) is 12.3. The summed E-state index contributed by atoms with van der Waals surface area (Å²) in [5.41, 5.74) is 0. The Bertz CT molecular complexity index is 528. The fourth-order valence-corrected chi connectivity index (χ4v) is 2.43. The van der Waals surface area contributed by atoms with E-state index in [1.165, 1.54) is 0 Å². The summed E-state index contributed by atoms with van der Waals surface area (Å²) in [6, 6.07) is 6.18. The van der Waals surface area contributed by atoms with Crippen LogP contribution in [0.3, 0.4) is 0 Å². The van der Waals surface area contributed by atoms with Gasteiger partial charge in [-0.1, -0.05) is 6.92 Å². The van der Waals surface area contributed by atoms with Gasteiger partial charge in [-0.15, -0.1) is 0 Å². The van der Waals surface area contributed by atoms with Gasteiger partial charge in [0.05, 0.1) is 6.26 Å². The van der Waals surface area contributed by atoms with Crippen molar-refractivity contribution in [1.29, 1.82) is 0 Å². The van der Waals surface area contributed by atoms with Crippen molar-refractivity contribution in [1.82, 2.24) is 9.97 Å². The molecule has 0 amide bonds. The molecule has 2 aromatic heterocycles. The van der Waals surface area contributed by atoms with E-state index in [4.69, 9.17) is 4.42 Å². The fraction of sp³-hybridized carbons (Fsp3) is 0.467. The number of hydrogen-bond donors (Lipinski definition) is 1. The predicted octanol–water partition coefficient (Wildman–Crippen LogP) is 4.22. The largest absolute Gasteiger partial charge is 0.469 e. The summed E-state index contributed by atoms with van der Waals surface area (Å²) in [7, 11) is 0. The summed E-state index contributed by atoms with van der Waals surface area (Å²) < 4.78 is 6.17. The summed E-state index contributed by atoms with van der Waals surface area (Å²) in [6.07, 6.45) is 5.58. The first kappa shape index (κ1) is 15.0. The average molecular weight is 338 g/mol. The van der Waals surface area contributed by atoms with Crippen molar-refractivity contribution >= 4 is 21.7 Å². The van der Waals surface area contributed by atoms with E-state index < -0.39 is 0 Å². The van der Waals surface area contributed by atoms with E-state index >= 15 is 0 Å². The second kappa shape index (κ2) is 7.43. The summed E-state index contributed by atoms with van der Waals surface area (Å²) >= 11 is 3.44. The van der Waals surface area contributed by atoms with E-state index in [-0.39, 0.29) is 0 Å². The van der Waals surface area contributed by atoms with Crippen LogP contribution in [0.25, 0.3) is 0 Å². The van der Waals surface area contributed by atoms with Crippen LogP contribution in [0.5, 0.6) is 0 Å². The lowest BCUT2D eigenvalue weighted by molar-refractivity contribution is 0.494. The van der Waals surface area contributed by atoms with Crippen molar-refractivity contribution in [2.24, 2.45) is 0 Å². The molecule has 0 aliphatic heterocycles. The monoisotopic (exact) mass is 337 g/mol. The summed E-state index contributed by atoms with van der Waals surface area (Å²) in [6.45, 7) is 4.28. The molecule has 1 N–H and O–H groups in total. The third-order valence-corrected chi connectivity index (χ3v) is 3.42. The van der Waals surface area contributed by atoms with Crippen LogP contribution in [-0.2, 0) is 12.8 Å². The highest BCUT2D eigenvalue weighted by atomic mass is 79.9. The van der Waals surface area contributed by atoms with E-state index in [0.29, 0.717) is 6.04 Å². The van der Waals surface area contributed by atoms with Crippen LogP contribution in [0.1, 0.15) is 38.3 Å². The third kappa shape index (κ3) is 4.63. The number of hydrogen-bond acceptors (Lipinski definition) is 4. The quantitative estimate of drug-likeness (QED) is 0.768. The number of aromatic nitrogens is 2. The number of rotatable bonds is 7. The molecule has 0 aliphatic carbocycles. The van der Waals surface area contributed by atoms with Gasteiger partial charge in [-0.3, -0.25) is 0 Å². The Morgan fingerprint density at radius 2 is 2.20 bits per heavy atom. The van der Waals surface area contributed by atoms with E-state index in [2.05, 4.69) is 45.1 Å². The van der Waals surface area contributed by atoms with Crippen molar-refractivity contribution in [2.45, 2.75) is 45.6 Å². The van der Waals surface area contributed by atoms with E-state index in [0.717, 1.165) is 47.7 Å². The molecule has 4 nitrogen and oxygen atoms in total. The Labute approximate surface area is 128 Å². The molecule has 20 heavy (non-hydrogen) atoms. The average Bonchev–Trinajstić information content (AvgIpc) is 2.89. The van der Waals surface area contributed by atoms with Crippen molar-refractivity contribution in [3.8, 4) is 0 Å². The molecule has 0 saturated heterocycles. The molecule has 0 spiro atoms. The van der Waals surface area contributed by atoms with Crippen LogP contribution in [0.2, 0.25) is 0 Å². The van der Waals surface area contributed by atoms with Gasteiger partial charge < -0.3 is 9.73 Å². The Balaban J connectivity index is 1.91. The molecule has 108 valence electrons. The lowest BCUT2D eigenvalue weighted by Gasteiger charge is -2.14. The zero-order valence-electron chi connectivity index (χ0n) is 11.9. The number of nitrogens with zero attached hydrogens (tertiary/aromatic N) is 2. The maximum Gasteiger partial charge on any atom is 0.132 e. The molecule has 1 atom stereocenters. The third-order valence-electron chi connectivity index (χ3n) is 3.01. The second-order valence-corrected chi connectivity index (χ2v) is 5.72. The van der Waals surface area contributed by atoms with Crippen molar-refractivity contribution < 1.29 is 4.42 Å². The highest BCUT2D eigenvalue weighted by molar-refractivity contribution is 9.10. The number of aryl methyl sites for hydroxylation is 2. The Morgan fingerprint density at radius 3 is 2.90 bits per heavy atom. The van der Waals surface area contributed by atoms with Gasteiger partial charge in [0.25, 0.3) is 0 Å². The highest BCUT2D eigenvalue weighted by Crippen LogP contribution is 2.15. The van der Waals surface area contributed by atoms with Crippen molar-refractivity contribution in [3.63, 3.8) is 0 Å². The second-order valence-electron chi connectivity index (χ2n) is 4.91. The summed E-state index contributed by atoms with van der Waals surface area (Å²) in [4.78, 5) is 8.90. The summed E-state index contributed by atoms with van der Waals surface area (Å²) in [5, 5.41) is 3.42. The Kier molecular flexibility index (Phi) is 5.59. The zero-order valence-corrected chi connectivity index (χ0v) is 13.5. The van der Waals surface area contributed by atoms with E-state index in [1.54, 1.807) is 6.26 Å². The van der Waals surface area contributed by atoms with Crippen LogP contribution in [0.4, 0.5) is 5.82 Å².